The van der Waals surface area contributed by atoms with Crippen LogP contribution in [0.5, 0.6) is 0 Å². The molecule has 2 atom stereocenters. The third-order valence-corrected chi connectivity index (χ3v) is 5.22. The standard InChI is InChI=1S/C12H20IO3/c1-4-11(14)16-13-10-6-5-9(7-10)8-12(2,3)15/h4,9-10,15H,1,5-8H2,2-3H3/q-1. The quantitative estimate of drug-likeness (QED) is 0.399. The molecule has 0 saturated heterocycles. The first-order chi connectivity index (χ1) is 7.40. The summed E-state index contributed by atoms with van der Waals surface area (Å²) in [6.07, 6.45) is 5.46. The molecule has 1 saturated carbocycles. The number of carbonyl (C=O) groups excluding carboxylic acids is 1. The summed E-state index contributed by atoms with van der Waals surface area (Å²) in [5.74, 6) is 0.297. The minimum atomic E-state index is -0.574. The summed E-state index contributed by atoms with van der Waals surface area (Å²) in [6, 6.07) is 0. The van der Waals surface area contributed by atoms with Gasteiger partial charge in [0.2, 0.25) is 0 Å². The van der Waals surface area contributed by atoms with Gasteiger partial charge < -0.3 is 0 Å². The maximum atomic E-state index is 10.9. The number of aliphatic hydroxyl groups is 1. The molecule has 0 bridgehead atoms. The van der Waals surface area contributed by atoms with E-state index < -0.39 is 27.2 Å². The van der Waals surface area contributed by atoms with Crippen LogP contribution in [0.3, 0.4) is 0 Å². The molecule has 3 nitrogen and oxygen atoms in total. The Bertz CT molecular complexity index is 257. The van der Waals surface area contributed by atoms with Gasteiger partial charge in [0.1, 0.15) is 0 Å². The van der Waals surface area contributed by atoms with Gasteiger partial charge in [0.15, 0.2) is 0 Å². The summed E-state index contributed by atoms with van der Waals surface area (Å²) in [6.45, 7) is 7.09. The average Bonchev–Trinajstić information content (AvgIpc) is 2.59. The Hall–Kier alpha value is -0.100. The topological polar surface area (TPSA) is 46.5 Å². The predicted octanol–water partition coefficient (Wildman–Crippen LogP) is -0.951. The monoisotopic (exact) mass is 339 g/mol. The van der Waals surface area contributed by atoms with Crippen LogP contribution >= 0.6 is 0 Å². The van der Waals surface area contributed by atoms with Crippen LogP contribution in [0.1, 0.15) is 39.5 Å². The molecular formula is C12H20IO3-. The van der Waals surface area contributed by atoms with E-state index in [9.17, 15) is 9.90 Å². The molecule has 0 aromatic rings. The fourth-order valence-corrected chi connectivity index (χ4v) is 4.46. The van der Waals surface area contributed by atoms with Gasteiger partial charge in [-0.2, -0.15) is 0 Å². The van der Waals surface area contributed by atoms with Crippen molar-refractivity contribution in [2.45, 2.75) is 49.1 Å². The molecule has 0 spiro atoms. The van der Waals surface area contributed by atoms with Crippen molar-refractivity contribution in [3.63, 3.8) is 0 Å². The normalized spacial score (nSPS) is 25.7. The predicted molar refractivity (Wildman–Crippen MR) is 58.3 cm³/mol. The fourth-order valence-electron chi connectivity index (χ4n) is 2.13. The van der Waals surface area contributed by atoms with E-state index in [4.69, 9.17) is 3.07 Å². The van der Waals surface area contributed by atoms with Crippen LogP contribution in [-0.2, 0) is 7.86 Å². The summed E-state index contributed by atoms with van der Waals surface area (Å²) in [7, 11) is 0. The van der Waals surface area contributed by atoms with Crippen LogP contribution < -0.4 is 21.6 Å². The van der Waals surface area contributed by atoms with Crippen LogP contribution in [0.2, 0.25) is 0 Å². The van der Waals surface area contributed by atoms with Gasteiger partial charge in [-0.05, 0) is 0 Å². The molecule has 0 heterocycles. The third kappa shape index (κ3) is 5.30. The van der Waals surface area contributed by atoms with E-state index in [1.165, 1.54) is 6.08 Å². The number of carbonyl (C=O) groups is 1. The van der Waals surface area contributed by atoms with Crippen molar-refractivity contribution in [3.8, 4) is 0 Å². The van der Waals surface area contributed by atoms with Crippen molar-refractivity contribution in [2.75, 3.05) is 0 Å². The van der Waals surface area contributed by atoms with Crippen LogP contribution in [0.25, 0.3) is 0 Å². The molecule has 1 aliphatic rings. The van der Waals surface area contributed by atoms with Crippen LogP contribution in [0, 0.1) is 5.92 Å². The van der Waals surface area contributed by atoms with E-state index in [1.54, 1.807) is 0 Å². The number of rotatable bonds is 5. The van der Waals surface area contributed by atoms with E-state index in [-0.39, 0.29) is 5.97 Å². The Balaban J connectivity index is 2.25. The Morgan fingerprint density at radius 1 is 1.62 bits per heavy atom. The molecule has 0 aromatic heterocycles. The van der Waals surface area contributed by atoms with Crippen LogP contribution in [0.4, 0.5) is 0 Å². The molecule has 0 amide bonds. The van der Waals surface area contributed by atoms with Gasteiger partial charge in [0.25, 0.3) is 0 Å². The van der Waals surface area contributed by atoms with Crippen molar-refractivity contribution in [3.05, 3.63) is 12.7 Å². The van der Waals surface area contributed by atoms with Gasteiger partial charge in [-0.15, -0.1) is 0 Å². The first-order valence-corrected chi connectivity index (χ1v) is 7.72. The Labute approximate surface area is 108 Å². The summed E-state index contributed by atoms with van der Waals surface area (Å²) >= 11 is -0.498. The van der Waals surface area contributed by atoms with Crippen molar-refractivity contribution in [2.24, 2.45) is 5.92 Å². The van der Waals surface area contributed by atoms with E-state index in [0.29, 0.717) is 9.84 Å². The molecule has 0 radical (unpaired) electrons. The summed E-state index contributed by atoms with van der Waals surface area (Å²) in [4.78, 5) is 10.9. The molecule has 1 aliphatic carbocycles. The van der Waals surface area contributed by atoms with E-state index in [1.807, 2.05) is 13.8 Å². The SMILES string of the molecule is C=CC(=O)O[I-]C1CCC(CC(C)(C)O)C1. The van der Waals surface area contributed by atoms with Gasteiger partial charge in [-0.25, -0.2) is 0 Å². The number of alkyl halides is 1. The Morgan fingerprint density at radius 2 is 2.31 bits per heavy atom. The Kier molecular flexibility index (Phi) is 5.24. The number of hydrogen-bond donors (Lipinski definition) is 1. The minimum absolute atomic E-state index is 0.293. The molecular weight excluding hydrogens is 319 g/mol. The molecule has 1 rings (SSSR count). The zero-order valence-corrected chi connectivity index (χ0v) is 12.1. The molecule has 2 unspecified atom stereocenters. The van der Waals surface area contributed by atoms with Crippen LogP contribution in [-0.4, -0.2) is 20.6 Å². The van der Waals surface area contributed by atoms with E-state index in [2.05, 4.69) is 6.58 Å². The number of halogens is 1. The maximum absolute atomic E-state index is 10.9. The van der Waals surface area contributed by atoms with Crippen molar-refractivity contribution in [1.82, 2.24) is 0 Å². The van der Waals surface area contributed by atoms with Gasteiger partial charge in [-0.3, -0.25) is 0 Å². The molecule has 0 aromatic carbocycles. The molecule has 1 fully saturated rings. The molecule has 4 heteroatoms. The summed E-state index contributed by atoms with van der Waals surface area (Å²) in [5.41, 5.74) is -0.574. The van der Waals surface area contributed by atoms with Gasteiger partial charge in [-0.1, -0.05) is 0 Å². The van der Waals surface area contributed by atoms with Crippen LogP contribution in [0.15, 0.2) is 12.7 Å². The molecule has 94 valence electrons. The second kappa shape index (κ2) is 6.00. The first kappa shape index (κ1) is 14.0. The molecule has 0 aliphatic heterocycles. The first-order valence-electron chi connectivity index (χ1n) is 5.60. The summed E-state index contributed by atoms with van der Waals surface area (Å²) < 4.78 is 5.71. The third-order valence-electron chi connectivity index (χ3n) is 2.68. The summed E-state index contributed by atoms with van der Waals surface area (Å²) in [5, 5.41) is 9.73. The van der Waals surface area contributed by atoms with E-state index >= 15 is 0 Å². The average molecular weight is 339 g/mol. The van der Waals surface area contributed by atoms with Gasteiger partial charge in [0, 0.05) is 0 Å². The second-order valence-electron chi connectivity index (χ2n) is 4.98. The number of hydrogen-bond acceptors (Lipinski definition) is 3. The fraction of sp³-hybridized carbons (Fsp3) is 0.750. The zero-order chi connectivity index (χ0) is 12.2. The van der Waals surface area contributed by atoms with Gasteiger partial charge >= 0.3 is 108 Å². The van der Waals surface area contributed by atoms with Crippen molar-refractivity contribution in [1.29, 1.82) is 0 Å². The van der Waals surface area contributed by atoms with Crippen molar-refractivity contribution >= 4 is 5.97 Å². The van der Waals surface area contributed by atoms with E-state index in [0.717, 1.165) is 25.7 Å². The zero-order valence-electron chi connectivity index (χ0n) is 9.91. The second-order valence-corrected chi connectivity index (χ2v) is 7.69. The Morgan fingerprint density at radius 3 is 2.88 bits per heavy atom. The molecule has 1 N–H and O–H groups in total. The molecule has 16 heavy (non-hydrogen) atoms. The van der Waals surface area contributed by atoms with Crippen molar-refractivity contribution < 1.29 is 34.6 Å². The van der Waals surface area contributed by atoms with Gasteiger partial charge in [0.05, 0.1) is 0 Å².